The number of nitrogens with two attached hydrogens (primary N) is 1. The zero-order chi connectivity index (χ0) is 14.7. The lowest BCUT2D eigenvalue weighted by Crippen LogP contribution is -2.47. The normalized spacial score (nSPS) is 15.0. The summed E-state index contributed by atoms with van der Waals surface area (Å²) in [6.07, 6.45) is 3.36. The summed E-state index contributed by atoms with van der Waals surface area (Å²) in [6.45, 7) is 3.31. The zero-order valence-electron chi connectivity index (χ0n) is 11.6. The Bertz CT molecular complexity index is 620. The maximum absolute atomic E-state index is 7.63. The molecular weight excluding hydrogens is 266 g/mol. The number of pyridine rings is 1. The third-order valence-corrected chi connectivity index (χ3v) is 3.54. The van der Waals surface area contributed by atoms with Crippen LogP contribution in [0.2, 0.25) is 0 Å². The molecule has 0 aliphatic carbocycles. The Morgan fingerprint density at radius 2 is 1.81 bits per heavy atom. The summed E-state index contributed by atoms with van der Waals surface area (Å²) in [5, 5.41) is 15.7. The van der Waals surface area contributed by atoms with E-state index in [2.05, 4.69) is 25.0 Å². The Kier molecular flexibility index (Phi) is 3.63. The lowest BCUT2D eigenvalue weighted by atomic mass is 10.2. The molecule has 1 fully saturated rings. The summed E-state index contributed by atoms with van der Waals surface area (Å²) >= 11 is 0. The fourth-order valence-corrected chi connectivity index (χ4v) is 2.46. The van der Waals surface area contributed by atoms with Gasteiger partial charge in [-0.15, -0.1) is 5.10 Å². The number of rotatable bonds is 3. The third kappa shape index (κ3) is 2.76. The summed E-state index contributed by atoms with van der Waals surface area (Å²) in [5.41, 5.74) is 6.24. The smallest absolute Gasteiger partial charge is 0.162 e. The number of aromatic nitrogens is 3. The van der Waals surface area contributed by atoms with E-state index in [1.54, 1.807) is 18.5 Å². The molecule has 0 radical (unpaired) electrons. The molecule has 3 heterocycles. The highest BCUT2D eigenvalue weighted by molar-refractivity contribution is 5.99. The summed E-state index contributed by atoms with van der Waals surface area (Å²) in [4.78, 5) is 8.72. The number of hydrogen-bond acceptors (Lipinski definition) is 6. The van der Waals surface area contributed by atoms with Crippen LogP contribution in [0.25, 0.3) is 0 Å². The monoisotopic (exact) mass is 283 g/mol. The van der Waals surface area contributed by atoms with Crippen LogP contribution in [0.4, 0.5) is 11.6 Å². The second-order valence-electron chi connectivity index (χ2n) is 4.84. The van der Waals surface area contributed by atoms with Crippen LogP contribution < -0.4 is 15.5 Å². The van der Waals surface area contributed by atoms with E-state index >= 15 is 0 Å². The highest BCUT2D eigenvalue weighted by atomic mass is 15.3. The molecule has 3 N–H and O–H groups in total. The molecule has 0 bridgehead atoms. The number of amidine groups is 1. The first kappa shape index (κ1) is 13.3. The predicted molar refractivity (Wildman–Crippen MR) is 81.7 cm³/mol. The van der Waals surface area contributed by atoms with Crippen LogP contribution in [0.1, 0.15) is 5.56 Å². The molecule has 0 aromatic carbocycles. The van der Waals surface area contributed by atoms with E-state index in [-0.39, 0.29) is 5.84 Å². The van der Waals surface area contributed by atoms with Gasteiger partial charge in [0.05, 0.1) is 11.8 Å². The van der Waals surface area contributed by atoms with Gasteiger partial charge in [0.2, 0.25) is 0 Å². The highest BCUT2D eigenvalue weighted by Gasteiger charge is 2.21. The molecule has 0 spiro atoms. The van der Waals surface area contributed by atoms with Gasteiger partial charge >= 0.3 is 0 Å². The van der Waals surface area contributed by atoms with Crippen LogP contribution in [0, 0.1) is 5.41 Å². The molecular formula is C14H17N7. The summed E-state index contributed by atoms with van der Waals surface area (Å²) in [7, 11) is 0. The van der Waals surface area contributed by atoms with E-state index in [9.17, 15) is 0 Å². The van der Waals surface area contributed by atoms with Gasteiger partial charge < -0.3 is 15.5 Å². The molecule has 108 valence electrons. The molecule has 0 unspecified atom stereocenters. The van der Waals surface area contributed by atoms with Gasteiger partial charge in [-0.2, -0.15) is 5.10 Å². The Hall–Kier alpha value is -2.70. The number of hydrogen-bond donors (Lipinski definition) is 2. The van der Waals surface area contributed by atoms with Crippen molar-refractivity contribution in [1.82, 2.24) is 15.2 Å². The van der Waals surface area contributed by atoms with Crippen LogP contribution in [-0.4, -0.2) is 47.2 Å². The van der Waals surface area contributed by atoms with E-state index in [0.717, 1.165) is 32.0 Å². The molecule has 0 saturated carbocycles. The molecule has 1 aliphatic rings. The van der Waals surface area contributed by atoms with Gasteiger partial charge in [-0.25, -0.2) is 4.98 Å². The van der Waals surface area contributed by atoms with Gasteiger partial charge in [0.15, 0.2) is 5.82 Å². The largest absolute Gasteiger partial charge is 0.384 e. The Labute approximate surface area is 122 Å². The van der Waals surface area contributed by atoms with Gasteiger partial charge in [0.1, 0.15) is 11.7 Å². The molecule has 7 nitrogen and oxygen atoms in total. The molecule has 21 heavy (non-hydrogen) atoms. The van der Waals surface area contributed by atoms with E-state index < -0.39 is 0 Å². The minimum absolute atomic E-state index is 0.0204. The van der Waals surface area contributed by atoms with E-state index in [1.807, 2.05) is 18.2 Å². The van der Waals surface area contributed by atoms with E-state index in [1.165, 1.54) is 0 Å². The first-order chi connectivity index (χ1) is 10.3. The quantitative estimate of drug-likeness (QED) is 0.628. The number of anilines is 2. The molecule has 7 heteroatoms. The topological polar surface area (TPSA) is 95.0 Å². The Morgan fingerprint density at radius 3 is 2.48 bits per heavy atom. The first-order valence-corrected chi connectivity index (χ1v) is 6.83. The van der Waals surface area contributed by atoms with Gasteiger partial charge in [-0.05, 0) is 18.2 Å². The Morgan fingerprint density at radius 1 is 1.05 bits per heavy atom. The van der Waals surface area contributed by atoms with Gasteiger partial charge in [-0.3, -0.25) is 5.41 Å². The van der Waals surface area contributed by atoms with Gasteiger partial charge in [0, 0.05) is 32.4 Å². The fourth-order valence-electron chi connectivity index (χ4n) is 2.46. The standard InChI is InChI=1S/C14H17N7/c15-13(16)11-4-6-18-19-14(11)21-9-7-20(8-10-21)12-3-1-2-5-17-12/h1-6H,7-10H2,(H3,15,16). The third-order valence-electron chi connectivity index (χ3n) is 3.54. The van der Waals surface area contributed by atoms with Crippen molar-refractivity contribution in [2.24, 2.45) is 5.73 Å². The summed E-state index contributed by atoms with van der Waals surface area (Å²) < 4.78 is 0. The average Bonchev–Trinajstić information content (AvgIpc) is 2.56. The second kappa shape index (κ2) is 5.74. The Balaban J connectivity index is 1.73. The molecule has 0 atom stereocenters. The van der Waals surface area contributed by atoms with Crippen LogP contribution in [0.5, 0.6) is 0 Å². The van der Waals surface area contributed by atoms with Crippen molar-refractivity contribution in [3.8, 4) is 0 Å². The summed E-state index contributed by atoms with van der Waals surface area (Å²) in [6, 6.07) is 7.65. The minimum Gasteiger partial charge on any atom is -0.384 e. The number of nitrogen functional groups attached to an aromatic ring is 1. The minimum atomic E-state index is 0.0204. The molecule has 2 aromatic rings. The molecule has 2 aromatic heterocycles. The van der Waals surface area contributed by atoms with Crippen LogP contribution in [0.3, 0.4) is 0 Å². The van der Waals surface area contributed by atoms with Crippen molar-refractivity contribution in [2.75, 3.05) is 36.0 Å². The van der Waals surface area contributed by atoms with Gasteiger partial charge in [-0.1, -0.05) is 6.07 Å². The predicted octanol–water partition coefficient (Wildman–Crippen LogP) is 0.482. The zero-order valence-corrected chi connectivity index (χ0v) is 11.6. The van der Waals surface area contributed by atoms with Crippen molar-refractivity contribution in [1.29, 1.82) is 5.41 Å². The number of nitrogens with one attached hydrogen (secondary N) is 1. The van der Waals surface area contributed by atoms with E-state index in [0.29, 0.717) is 11.4 Å². The average molecular weight is 283 g/mol. The van der Waals surface area contributed by atoms with Crippen LogP contribution >= 0.6 is 0 Å². The van der Waals surface area contributed by atoms with Gasteiger partial charge in [0.25, 0.3) is 0 Å². The lowest BCUT2D eigenvalue weighted by Gasteiger charge is -2.36. The SMILES string of the molecule is N=C(N)c1ccnnc1N1CCN(c2ccccn2)CC1. The first-order valence-electron chi connectivity index (χ1n) is 6.83. The summed E-state index contributed by atoms with van der Waals surface area (Å²) in [5.74, 6) is 1.70. The van der Waals surface area contributed by atoms with Crippen molar-refractivity contribution >= 4 is 17.5 Å². The molecule has 1 saturated heterocycles. The maximum atomic E-state index is 7.63. The van der Waals surface area contributed by atoms with Crippen molar-refractivity contribution in [2.45, 2.75) is 0 Å². The molecule has 3 rings (SSSR count). The highest BCUT2D eigenvalue weighted by Crippen LogP contribution is 2.19. The van der Waals surface area contributed by atoms with Crippen molar-refractivity contribution < 1.29 is 0 Å². The lowest BCUT2D eigenvalue weighted by molar-refractivity contribution is 0.637. The molecule has 0 amide bonds. The number of nitrogens with zero attached hydrogens (tertiary/aromatic N) is 5. The second-order valence-corrected chi connectivity index (χ2v) is 4.84. The number of piperazine rings is 1. The maximum Gasteiger partial charge on any atom is 0.162 e. The van der Waals surface area contributed by atoms with Crippen molar-refractivity contribution in [3.63, 3.8) is 0 Å². The van der Waals surface area contributed by atoms with Crippen molar-refractivity contribution in [3.05, 3.63) is 42.2 Å². The van der Waals surface area contributed by atoms with E-state index in [4.69, 9.17) is 11.1 Å². The fraction of sp³-hybridized carbons (Fsp3) is 0.286. The molecule has 1 aliphatic heterocycles. The van der Waals surface area contributed by atoms with Crippen LogP contribution in [-0.2, 0) is 0 Å². The van der Waals surface area contributed by atoms with Crippen LogP contribution in [0.15, 0.2) is 36.7 Å².